The number of hydrogen-bond acceptors (Lipinski definition) is 4. The smallest absolute Gasteiger partial charge is 0.412 e. The summed E-state index contributed by atoms with van der Waals surface area (Å²) in [5.41, 5.74) is 0.629. The number of nitrogens with zero attached hydrogens (tertiary/aromatic N) is 1. The molecule has 1 aromatic heterocycles. The minimum atomic E-state index is -0.553. The van der Waals surface area contributed by atoms with Crippen LogP contribution in [0.15, 0.2) is 36.5 Å². The van der Waals surface area contributed by atoms with Crippen LogP contribution in [0, 0.1) is 0 Å². The molecule has 0 aliphatic heterocycles. The van der Waals surface area contributed by atoms with E-state index in [9.17, 15) is 4.79 Å². The number of aromatic nitrogens is 1. The maximum absolute atomic E-state index is 11.7. The highest BCUT2D eigenvalue weighted by Gasteiger charge is 2.16. The summed E-state index contributed by atoms with van der Waals surface area (Å²) in [6, 6.07) is 8.53. The van der Waals surface area contributed by atoms with Crippen LogP contribution in [0.4, 0.5) is 22.0 Å². The maximum atomic E-state index is 11.7. The molecule has 0 atom stereocenters. The van der Waals surface area contributed by atoms with Crippen molar-refractivity contribution in [3.63, 3.8) is 0 Å². The molecule has 0 aliphatic carbocycles. The second-order valence-electron chi connectivity index (χ2n) is 5.81. The van der Waals surface area contributed by atoms with Crippen molar-refractivity contribution in [3.05, 3.63) is 46.6 Å². The van der Waals surface area contributed by atoms with E-state index in [1.807, 2.05) is 0 Å². The average molecular weight is 354 g/mol. The molecule has 0 fully saturated rings. The maximum Gasteiger partial charge on any atom is 0.412 e. The summed E-state index contributed by atoms with van der Waals surface area (Å²) in [7, 11) is 0. The van der Waals surface area contributed by atoms with E-state index < -0.39 is 11.7 Å². The lowest BCUT2D eigenvalue weighted by atomic mass is 10.2. The predicted octanol–water partition coefficient (Wildman–Crippen LogP) is 5.48. The number of halogens is 2. The van der Waals surface area contributed by atoms with Gasteiger partial charge in [-0.2, -0.15) is 0 Å². The summed E-state index contributed by atoms with van der Waals surface area (Å²) in [5, 5.41) is 6.78. The zero-order valence-electron chi connectivity index (χ0n) is 13.0. The lowest BCUT2D eigenvalue weighted by Gasteiger charge is -2.19. The Labute approximate surface area is 145 Å². The van der Waals surface area contributed by atoms with Gasteiger partial charge in [0.25, 0.3) is 0 Å². The molecule has 122 valence electrons. The van der Waals surface area contributed by atoms with Crippen LogP contribution in [0.3, 0.4) is 0 Å². The van der Waals surface area contributed by atoms with Crippen LogP contribution in [-0.4, -0.2) is 16.7 Å². The number of carbonyl (C=O) groups excluding carboxylic acids is 1. The van der Waals surface area contributed by atoms with Crippen LogP contribution >= 0.6 is 23.2 Å². The second kappa shape index (κ2) is 7.06. The van der Waals surface area contributed by atoms with Gasteiger partial charge < -0.3 is 10.1 Å². The lowest BCUT2D eigenvalue weighted by Crippen LogP contribution is -2.27. The molecule has 1 aromatic carbocycles. The Morgan fingerprint density at radius 3 is 2.52 bits per heavy atom. The van der Waals surface area contributed by atoms with Gasteiger partial charge in [0.2, 0.25) is 0 Å². The monoisotopic (exact) mass is 353 g/mol. The van der Waals surface area contributed by atoms with Gasteiger partial charge >= 0.3 is 6.09 Å². The SMILES string of the molecule is CC(C)(C)OC(=O)Nc1ccc(Nc2cc(Cl)ccc2Cl)nc1. The fraction of sp³-hybridized carbons (Fsp3) is 0.250. The van der Waals surface area contributed by atoms with Crippen LogP contribution in [-0.2, 0) is 4.74 Å². The zero-order chi connectivity index (χ0) is 17.0. The van der Waals surface area contributed by atoms with E-state index in [4.69, 9.17) is 27.9 Å². The average Bonchev–Trinajstić information content (AvgIpc) is 2.43. The molecule has 0 saturated heterocycles. The fourth-order valence-corrected chi connectivity index (χ4v) is 2.03. The van der Waals surface area contributed by atoms with Gasteiger partial charge in [-0.15, -0.1) is 0 Å². The Bertz CT molecular complexity index is 697. The molecule has 0 bridgehead atoms. The lowest BCUT2D eigenvalue weighted by molar-refractivity contribution is 0.0636. The van der Waals surface area contributed by atoms with Crippen LogP contribution in [0.2, 0.25) is 10.0 Å². The molecule has 0 spiro atoms. The molecule has 5 nitrogen and oxygen atoms in total. The summed E-state index contributed by atoms with van der Waals surface area (Å²) in [6.45, 7) is 5.39. The van der Waals surface area contributed by atoms with Gasteiger partial charge in [0, 0.05) is 5.02 Å². The number of rotatable bonds is 3. The summed E-state index contributed by atoms with van der Waals surface area (Å²) in [5.74, 6) is 0.573. The summed E-state index contributed by atoms with van der Waals surface area (Å²) >= 11 is 12.0. The highest BCUT2D eigenvalue weighted by molar-refractivity contribution is 6.35. The minimum Gasteiger partial charge on any atom is -0.444 e. The highest BCUT2D eigenvalue weighted by atomic mass is 35.5. The number of benzene rings is 1. The number of ether oxygens (including phenoxy) is 1. The predicted molar refractivity (Wildman–Crippen MR) is 93.8 cm³/mol. The van der Waals surface area contributed by atoms with E-state index in [0.29, 0.717) is 27.2 Å². The van der Waals surface area contributed by atoms with Gasteiger partial charge in [-0.25, -0.2) is 9.78 Å². The van der Waals surface area contributed by atoms with Crippen molar-refractivity contribution in [1.29, 1.82) is 0 Å². The largest absolute Gasteiger partial charge is 0.444 e. The first-order valence-corrected chi connectivity index (χ1v) is 7.67. The van der Waals surface area contributed by atoms with Crippen molar-refractivity contribution >= 4 is 46.5 Å². The third-order valence-electron chi connectivity index (χ3n) is 2.60. The van der Waals surface area contributed by atoms with E-state index in [0.717, 1.165) is 0 Å². The van der Waals surface area contributed by atoms with Crippen LogP contribution in [0.1, 0.15) is 20.8 Å². The van der Waals surface area contributed by atoms with E-state index in [1.165, 1.54) is 6.20 Å². The second-order valence-corrected chi connectivity index (χ2v) is 6.65. The molecule has 2 aromatic rings. The van der Waals surface area contributed by atoms with Gasteiger partial charge in [0.15, 0.2) is 0 Å². The first kappa shape index (κ1) is 17.4. The molecule has 7 heteroatoms. The molecule has 0 saturated carbocycles. The van der Waals surface area contributed by atoms with E-state index in [-0.39, 0.29) is 0 Å². The molecular formula is C16H17Cl2N3O2. The summed E-state index contributed by atoms with van der Waals surface area (Å²) in [6.07, 6.45) is 0.989. The van der Waals surface area contributed by atoms with Crippen LogP contribution in [0.25, 0.3) is 0 Å². The Morgan fingerprint density at radius 2 is 1.91 bits per heavy atom. The van der Waals surface area contributed by atoms with Crippen molar-refractivity contribution in [2.24, 2.45) is 0 Å². The molecule has 0 radical (unpaired) electrons. The van der Waals surface area contributed by atoms with Crippen molar-refractivity contribution in [2.45, 2.75) is 26.4 Å². The first-order chi connectivity index (χ1) is 10.7. The van der Waals surface area contributed by atoms with Gasteiger partial charge in [-0.1, -0.05) is 23.2 Å². The minimum absolute atomic E-state index is 0.530. The molecule has 0 unspecified atom stereocenters. The van der Waals surface area contributed by atoms with Gasteiger partial charge in [-0.05, 0) is 51.1 Å². The quantitative estimate of drug-likeness (QED) is 0.766. The Kier molecular flexibility index (Phi) is 5.34. The number of amides is 1. The van der Waals surface area contributed by atoms with Gasteiger partial charge in [0.05, 0.1) is 22.6 Å². The third kappa shape index (κ3) is 5.62. The van der Waals surface area contributed by atoms with Crippen LogP contribution < -0.4 is 10.6 Å². The number of nitrogens with one attached hydrogen (secondary N) is 2. The number of hydrogen-bond donors (Lipinski definition) is 2. The molecular weight excluding hydrogens is 337 g/mol. The van der Waals surface area contributed by atoms with Crippen molar-refractivity contribution in [2.75, 3.05) is 10.6 Å². The molecule has 1 heterocycles. The number of anilines is 3. The topological polar surface area (TPSA) is 63.2 Å². The fourth-order valence-electron chi connectivity index (χ4n) is 1.69. The van der Waals surface area contributed by atoms with E-state index >= 15 is 0 Å². The molecule has 2 N–H and O–H groups in total. The molecule has 23 heavy (non-hydrogen) atoms. The molecule has 0 aliphatic rings. The number of pyridine rings is 1. The Hall–Kier alpha value is -1.98. The Balaban J connectivity index is 2.02. The summed E-state index contributed by atoms with van der Waals surface area (Å²) < 4.78 is 5.17. The van der Waals surface area contributed by atoms with Crippen molar-refractivity contribution in [3.8, 4) is 0 Å². The number of carbonyl (C=O) groups is 1. The zero-order valence-corrected chi connectivity index (χ0v) is 14.5. The van der Waals surface area contributed by atoms with E-state index in [1.54, 1.807) is 51.1 Å². The third-order valence-corrected chi connectivity index (χ3v) is 3.16. The standard InChI is InChI=1S/C16H17Cl2N3O2/c1-16(2,3)23-15(22)20-11-5-7-14(19-9-11)21-13-8-10(17)4-6-12(13)18/h4-9H,1-3H3,(H,19,21)(H,20,22). The van der Waals surface area contributed by atoms with Crippen molar-refractivity contribution < 1.29 is 9.53 Å². The van der Waals surface area contributed by atoms with Gasteiger partial charge in [-0.3, -0.25) is 5.32 Å². The summed E-state index contributed by atoms with van der Waals surface area (Å²) in [4.78, 5) is 15.9. The normalized spacial score (nSPS) is 11.0. The Morgan fingerprint density at radius 1 is 1.17 bits per heavy atom. The first-order valence-electron chi connectivity index (χ1n) is 6.91. The highest BCUT2D eigenvalue weighted by Crippen LogP contribution is 2.28. The molecule has 1 amide bonds. The van der Waals surface area contributed by atoms with Crippen molar-refractivity contribution in [1.82, 2.24) is 4.98 Å². The van der Waals surface area contributed by atoms with Gasteiger partial charge in [0.1, 0.15) is 11.4 Å². The molecule has 2 rings (SSSR count). The van der Waals surface area contributed by atoms with E-state index in [2.05, 4.69) is 15.6 Å². The van der Waals surface area contributed by atoms with Crippen LogP contribution in [0.5, 0.6) is 0 Å².